The second-order valence-electron chi connectivity index (χ2n) is 15.0. The van der Waals surface area contributed by atoms with E-state index >= 15 is 0 Å². The molecule has 4 saturated carbocycles. The van der Waals surface area contributed by atoms with Gasteiger partial charge in [0.05, 0.1) is 0 Å². The third-order valence-electron chi connectivity index (χ3n) is 12.6. The van der Waals surface area contributed by atoms with Crippen LogP contribution in [0.4, 0.5) is 0 Å². The predicted molar refractivity (Wildman–Crippen MR) is 157 cm³/mol. The average Bonchev–Trinajstić information content (AvgIpc) is 3.26. The SMILES string of the molecule is CC(=O)O[C@@H]1CC[C@@]2(C)[C@@H](C1)C[C@H](OC(C)=O)[C@@H]1[C@@H]2CC[C@]2(C)[C@@H]([C@H](C)CCC(=O)NN3CCN(C)CC3)CC[C@@H]12. The summed E-state index contributed by atoms with van der Waals surface area (Å²) in [4.78, 5) is 39.2. The molecule has 1 N–H and O–H groups in total. The molecule has 41 heavy (non-hydrogen) atoms. The van der Waals surface area contributed by atoms with E-state index in [1.165, 1.54) is 32.6 Å². The number of carbonyl (C=O) groups is 3. The molecule has 1 amide bonds. The Bertz CT molecular complexity index is 982. The Hall–Kier alpha value is -1.67. The number of hydrogen-bond donors (Lipinski definition) is 1. The molecule has 0 unspecified atom stereocenters. The smallest absolute Gasteiger partial charge is 0.302 e. The maximum atomic E-state index is 12.8. The molecule has 8 heteroatoms. The zero-order valence-electron chi connectivity index (χ0n) is 26.5. The number of likely N-dealkylation sites (N-methyl/N-ethyl adjacent to an activating group) is 1. The maximum absolute atomic E-state index is 12.8. The molecule has 1 heterocycles. The molecule has 0 aromatic heterocycles. The fourth-order valence-electron chi connectivity index (χ4n) is 10.5. The Morgan fingerprint density at radius 1 is 0.878 bits per heavy atom. The number of piperazine rings is 1. The standard InChI is InChI=1S/C33H55N3O5/c1-21(7-10-30(39)34-36-17-15-35(6)16-18-36)26-8-9-27-31-28(12-14-33(26,27)5)32(4)13-11-25(40-22(2)37)19-24(32)20-29(31)41-23(3)38/h21,24-29,31H,7-20H2,1-6H3,(H,34,39)/t21-,24+,25-,26-,27+,28+,29+,31+,32+,33-/m1/s1. The number of nitrogens with zero attached hydrogens (tertiary/aromatic N) is 2. The van der Waals surface area contributed by atoms with Crippen molar-refractivity contribution in [1.29, 1.82) is 0 Å². The molecule has 1 aliphatic heterocycles. The van der Waals surface area contributed by atoms with E-state index in [4.69, 9.17) is 9.47 Å². The first-order valence-corrected chi connectivity index (χ1v) is 16.5. The Morgan fingerprint density at radius 2 is 1.54 bits per heavy atom. The summed E-state index contributed by atoms with van der Waals surface area (Å²) >= 11 is 0. The summed E-state index contributed by atoms with van der Waals surface area (Å²) in [6.45, 7) is 14.2. The number of hydrazine groups is 1. The van der Waals surface area contributed by atoms with Crippen LogP contribution in [0.25, 0.3) is 0 Å². The van der Waals surface area contributed by atoms with E-state index in [2.05, 4.69) is 43.2 Å². The number of carbonyl (C=O) groups excluding carboxylic acids is 3. The zero-order chi connectivity index (χ0) is 29.5. The largest absolute Gasteiger partial charge is 0.463 e. The van der Waals surface area contributed by atoms with Crippen LogP contribution >= 0.6 is 0 Å². The number of fused-ring (bicyclic) bond motifs is 5. The molecule has 1 saturated heterocycles. The van der Waals surface area contributed by atoms with Crippen LogP contribution in [0, 0.1) is 46.3 Å². The quantitative estimate of drug-likeness (QED) is 0.437. The fourth-order valence-corrected chi connectivity index (χ4v) is 10.5. The molecule has 0 aromatic rings. The van der Waals surface area contributed by atoms with Crippen molar-refractivity contribution in [3.63, 3.8) is 0 Å². The van der Waals surface area contributed by atoms with Crippen molar-refractivity contribution in [2.75, 3.05) is 33.2 Å². The number of ether oxygens (including phenoxy) is 2. The van der Waals surface area contributed by atoms with Crippen LogP contribution in [-0.4, -0.2) is 73.2 Å². The molecule has 5 aliphatic rings. The van der Waals surface area contributed by atoms with Crippen molar-refractivity contribution in [1.82, 2.24) is 15.3 Å². The minimum absolute atomic E-state index is 0.0147. The van der Waals surface area contributed by atoms with Gasteiger partial charge < -0.3 is 14.4 Å². The van der Waals surface area contributed by atoms with E-state index in [-0.39, 0.29) is 40.9 Å². The highest BCUT2D eigenvalue weighted by molar-refractivity contribution is 5.75. The highest BCUT2D eigenvalue weighted by atomic mass is 16.5. The third kappa shape index (κ3) is 6.20. The van der Waals surface area contributed by atoms with Crippen LogP contribution < -0.4 is 5.43 Å². The third-order valence-corrected chi connectivity index (χ3v) is 12.6. The molecular formula is C33H55N3O5. The van der Waals surface area contributed by atoms with Crippen molar-refractivity contribution >= 4 is 17.8 Å². The van der Waals surface area contributed by atoms with Crippen molar-refractivity contribution in [3.8, 4) is 0 Å². The van der Waals surface area contributed by atoms with Gasteiger partial charge in [0.25, 0.3) is 0 Å². The first-order chi connectivity index (χ1) is 19.4. The lowest BCUT2D eigenvalue weighted by Crippen LogP contribution is -2.59. The second-order valence-corrected chi connectivity index (χ2v) is 15.0. The number of amides is 1. The van der Waals surface area contributed by atoms with Crippen molar-refractivity contribution in [3.05, 3.63) is 0 Å². The van der Waals surface area contributed by atoms with Gasteiger partial charge in [0.2, 0.25) is 5.91 Å². The lowest BCUT2D eigenvalue weighted by Gasteiger charge is -2.62. The monoisotopic (exact) mass is 573 g/mol. The van der Waals surface area contributed by atoms with Crippen molar-refractivity contribution in [2.45, 2.75) is 111 Å². The lowest BCUT2D eigenvalue weighted by molar-refractivity contribution is -0.197. The first kappa shape index (κ1) is 30.8. The Morgan fingerprint density at radius 3 is 2.22 bits per heavy atom. The van der Waals surface area contributed by atoms with Gasteiger partial charge in [-0.15, -0.1) is 0 Å². The lowest BCUT2D eigenvalue weighted by atomic mass is 9.43. The maximum Gasteiger partial charge on any atom is 0.302 e. The van der Waals surface area contributed by atoms with E-state index < -0.39 is 0 Å². The van der Waals surface area contributed by atoms with Gasteiger partial charge in [-0.2, -0.15) is 0 Å². The van der Waals surface area contributed by atoms with Crippen molar-refractivity contribution < 1.29 is 23.9 Å². The Kier molecular flexibility index (Phi) is 9.11. The normalized spacial score (nSPS) is 41.9. The Balaban J connectivity index is 1.26. The van der Waals surface area contributed by atoms with Gasteiger partial charge in [-0.1, -0.05) is 20.8 Å². The summed E-state index contributed by atoms with van der Waals surface area (Å²) in [6.07, 6.45) is 9.99. The van der Waals surface area contributed by atoms with Gasteiger partial charge in [-0.25, -0.2) is 5.01 Å². The van der Waals surface area contributed by atoms with E-state index in [9.17, 15) is 14.4 Å². The predicted octanol–water partition coefficient (Wildman–Crippen LogP) is 4.81. The minimum Gasteiger partial charge on any atom is -0.463 e. The molecule has 232 valence electrons. The van der Waals surface area contributed by atoms with Crippen LogP contribution in [0.3, 0.4) is 0 Å². The summed E-state index contributed by atoms with van der Waals surface area (Å²) in [7, 11) is 2.13. The van der Waals surface area contributed by atoms with Gasteiger partial charge >= 0.3 is 11.9 Å². The molecule has 5 rings (SSSR count). The molecule has 5 fully saturated rings. The molecule has 0 bridgehead atoms. The van der Waals surface area contributed by atoms with Crippen LogP contribution in [0.15, 0.2) is 0 Å². The van der Waals surface area contributed by atoms with Gasteiger partial charge in [-0.05, 0) is 105 Å². The summed E-state index contributed by atoms with van der Waals surface area (Å²) < 4.78 is 11.8. The summed E-state index contributed by atoms with van der Waals surface area (Å²) in [5.74, 6) is 2.73. The van der Waals surface area contributed by atoms with Crippen LogP contribution in [0.1, 0.15) is 98.8 Å². The number of esters is 2. The van der Waals surface area contributed by atoms with Crippen molar-refractivity contribution in [2.24, 2.45) is 46.3 Å². The van der Waals surface area contributed by atoms with Crippen LogP contribution in [0.2, 0.25) is 0 Å². The van der Waals surface area contributed by atoms with Gasteiger partial charge in [0.15, 0.2) is 0 Å². The summed E-state index contributed by atoms with van der Waals surface area (Å²) in [6, 6.07) is 0. The van der Waals surface area contributed by atoms with E-state index in [0.717, 1.165) is 58.3 Å². The Labute approximate surface area is 247 Å². The minimum atomic E-state index is -0.194. The van der Waals surface area contributed by atoms with Gasteiger partial charge in [-0.3, -0.25) is 19.8 Å². The second kappa shape index (κ2) is 12.1. The molecule has 0 aromatic carbocycles. The fraction of sp³-hybridized carbons (Fsp3) is 0.909. The summed E-state index contributed by atoms with van der Waals surface area (Å²) in [5.41, 5.74) is 3.56. The molecule has 8 nitrogen and oxygen atoms in total. The molecule has 4 aliphatic carbocycles. The number of rotatable bonds is 7. The molecule has 10 atom stereocenters. The zero-order valence-corrected chi connectivity index (χ0v) is 26.5. The number of hydrogen-bond acceptors (Lipinski definition) is 7. The van der Waals surface area contributed by atoms with Crippen LogP contribution in [-0.2, 0) is 23.9 Å². The molecule has 0 spiro atoms. The van der Waals surface area contributed by atoms with Crippen LogP contribution in [0.5, 0.6) is 0 Å². The van der Waals surface area contributed by atoms with Gasteiger partial charge in [0.1, 0.15) is 12.2 Å². The molecule has 0 radical (unpaired) electrons. The highest BCUT2D eigenvalue weighted by Crippen LogP contribution is 2.68. The highest BCUT2D eigenvalue weighted by Gasteiger charge is 2.64. The van der Waals surface area contributed by atoms with Gasteiger partial charge in [0, 0.05) is 52.4 Å². The van der Waals surface area contributed by atoms with E-state index in [1.807, 2.05) is 0 Å². The first-order valence-electron chi connectivity index (χ1n) is 16.5. The topological polar surface area (TPSA) is 88.2 Å². The van der Waals surface area contributed by atoms with E-state index in [1.54, 1.807) is 6.92 Å². The molecular weight excluding hydrogens is 518 g/mol. The van der Waals surface area contributed by atoms with E-state index in [0.29, 0.717) is 41.9 Å². The number of nitrogens with one attached hydrogen (secondary N) is 1. The average molecular weight is 574 g/mol. The summed E-state index contributed by atoms with van der Waals surface area (Å²) in [5, 5.41) is 2.08.